The summed E-state index contributed by atoms with van der Waals surface area (Å²) in [6.07, 6.45) is 1.15. The van der Waals surface area contributed by atoms with Crippen molar-refractivity contribution in [3.63, 3.8) is 0 Å². The van der Waals surface area contributed by atoms with Gasteiger partial charge in [-0.15, -0.1) is 0 Å². The average molecular weight is 193 g/mol. The van der Waals surface area contributed by atoms with Gasteiger partial charge < -0.3 is 5.32 Å². The van der Waals surface area contributed by atoms with Crippen molar-refractivity contribution < 1.29 is 0 Å². The Bertz CT molecular complexity index is 228. The maximum absolute atomic E-state index is 3.11. The Hall–Kier alpha value is -0.820. The topological polar surface area (TPSA) is 12.0 Å². The molecule has 1 heteroatoms. The van der Waals surface area contributed by atoms with Gasteiger partial charge in [0, 0.05) is 0 Å². The molecule has 0 bridgehead atoms. The summed E-state index contributed by atoms with van der Waals surface area (Å²) in [5.41, 5.74) is 2.86. The molecule has 80 valence electrons. The molecule has 1 rings (SSSR count). The fourth-order valence-electron chi connectivity index (χ4n) is 1.26. The standard InChI is InChI=1S/C9H12.C4H11N/c1-3-9-7-5-4-6-8(9)2;1-3-5-4-2/h4-7H,3H2,1-2H3;5H,3-4H2,1-2H3. The quantitative estimate of drug-likeness (QED) is 0.777. The lowest BCUT2D eigenvalue weighted by Crippen LogP contribution is -2.09. The Morgan fingerprint density at radius 3 is 1.86 bits per heavy atom. The zero-order valence-electron chi connectivity index (χ0n) is 9.93. The van der Waals surface area contributed by atoms with Crippen LogP contribution in [0.3, 0.4) is 0 Å². The molecule has 14 heavy (non-hydrogen) atoms. The largest absolute Gasteiger partial charge is 0.317 e. The zero-order chi connectivity index (χ0) is 10.8. The van der Waals surface area contributed by atoms with E-state index in [1.807, 2.05) is 0 Å². The predicted molar refractivity (Wildman–Crippen MR) is 64.8 cm³/mol. The second kappa shape index (κ2) is 8.76. The first-order valence-electron chi connectivity index (χ1n) is 5.51. The molecule has 0 unspecified atom stereocenters. The second-order valence-electron chi connectivity index (χ2n) is 3.24. The molecule has 0 radical (unpaired) electrons. The summed E-state index contributed by atoms with van der Waals surface area (Å²) in [5.74, 6) is 0. The van der Waals surface area contributed by atoms with Crippen LogP contribution in [0.2, 0.25) is 0 Å². The Kier molecular flexibility index (Phi) is 8.25. The average Bonchev–Trinajstić information content (AvgIpc) is 2.21. The van der Waals surface area contributed by atoms with E-state index in [1.165, 1.54) is 11.1 Å². The van der Waals surface area contributed by atoms with Gasteiger partial charge >= 0.3 is 0 Å². The summed E-state index contributed by atoms with van der Waals surface area (Å²) in [5, 5.41) is 3.11. The van der Waals surface area contributed by atoms with E-state index in [0.29, 0.717) is 0 Å². The number of hydrogen-bond acceptors (Lipinski definition) is 1. The van der Waals surface area contributed by atoms with Crippen LogP contribution in [-0.2, 0) is 6.42 Å². The van der Waals surface area contributed by atoms with E-state index in [4.69, 9.17) is 0 Å². The van der Waals surface area contributed by atoms with Crippen molar-refractivity contribution in [2.45, 2.75) is 34.1 Å². The van der Waals surface area contributed by atoms with Gasteiger partial charge in [0.1, 0.15) is 0 Å². The van der Waals surface area contributed by atoms with Crippen LogP contribution in [0, 0.1) is 6.92 Å². The highest BCUT2D eigenvalue weighted by Crippen LogP contribution is 2.06. The Morgan fingerprint density at radius 1 is 1.00 bits per heavy atom. The lowest BCUT2D eigenvalue weighted by molar-refractivity contribution is 0.762. The molecule has 0 saturated carbocycles. The second-order valence-corrected chi connectivity index (χ2v) is 3.24. The van der Waals surface area contributed by atoms with Crippen molar-refractivity contribution in [3.8, 4) is 0 Å². The highest BCUT2D eigenvalue weighted by atomic mass is 14.8. The van der Waals surface area contributed by atoms with E-state index in [0.717, 1.165) is 19.5 Å². The summed E-state index contributed by atoms with van der Waals surface area (Å²) in [6.45, 7) is 10.7. The molecule has 0 fully saturated rings. The van der Waals surface area contributed by atoms with Gasteiger partial charge in [-0.05, 0) is 37.6 Å². The number of nitrogens with one attached hydrogen (secondary N) is 1. The number of aryl methyl sites for hydroxylation is 2. The van der Waals surface area contributed by atoms with Crippen LogP contribution in [-0.4, -0.2) is 13.1 Å². The molecule has 1 aromatic rings. The molecule has 0 aliphatic heterocycles. The Labute approximate surface area is 88.5 Å². The van der Waals surface area contributed by atoms with Gasteiger partial charge in [-0.2, -0.15) is 0 Å². The molecular weight excluding hydrogens is 170 g/mol. The summed E-state index contributed by atoms with van der Waals surface area (Å²) in [6, 6.07) is 8.49. The highest BCUT2D eigenvalue weighted by Gasteiger charge is 1.89. The fourth-order valence-corrected chi connectivity index (χ4v) is 1.26. The minimum Gasteiger partial charge on any atom is -0.317 e. The molecule has 1 aromatic carbocycles. The van der Waals surface area contributed by atoms with Crippen LogP contribution in [0.15, 0.2) is 24.3 Å². The monoisotopic (exact) mass is 193 g/mol. The first kappa shape index (κ1) is 13.2. The van der Waals surface area contributed by atoms with Crippen molar-refractivity contribution in [2.75, 3.05) is 13.1 Å². The van der Waals surface area contributed by atoms with Crippen LogP contribution >= 0.6 is 0 Å². The van der Waals surface area contributed by atoms with E-state index < -0.39 is 0 Å². The molecule has 0 atom stereocenters. The van der Waals surface area contributed by atoms with Gasteiger partial charge in [0.15, 0.2) is 0 Å². The van der Waals surface area contributed by atoms with Crippen molar-refractivity contribution in [1.82, 2.24) is 5.32 Å². The first-order chi connectivity index (χ1) is 6.76. The maximum Gasteiger partial charge on any atom is -0.00775 e. The SMILES string of the molecule is CCNCC.CCc1ccccc1C. The molecule has 0 saturated heterocycles. The van der Waals surface area contributed by atoms with Gasteiger partial charge in [-0.25, -0.2) is 0 Å². The molecule has 0 heterocycles. The third-order valence-electron chi connectivity index (χ3n) is 2.14. The van der Waals surface area contributed by atoms with Crippen LogP contribution in [0.4, 0.5) is 0 Å². The van der Waals surface area contributed by atoms with Gasteiger partial charge in [-0.1, -0.05) is 45.0 Å². The van der Waals surface area contributed by atoms with E-state index >= 15 is 0 Å². The zero-order valence-corrected chi connectivity index (χ0v) is 9.93. The van der Waals surface area contributed by atoms with Crippen molar-refractivity contribution in [3.05, 3.63) is 35.4 Å². The molecule has 0 aliphatic carbocycles. The van der Waals surface area contributed by atoms with E-state index in [-0.39, 0.29) is 0 Å². The lowest BCUT2D eigenvalue weighted by Gasteiger charge is -1.98. The van der Waals surface area contributed by atoms with Gasteiger partial charge in [0.25, 0.3) is 0 Å². The maximum atomic E-state index is 3.11. The molecule has 0 spiro atoms. The lowest BCUT2D eigenvalue weighted by atomic mass is 10.1. The van der Waals surface area contributed by atoms with Crippen molar-refractivity contribution >= 4 is 0 Å². The van der Waals surface area contributed by atoms with E-state index in [9.17, 15) is 0 Å². The molecule has 1 N–H and O–H groups in total. The summed E-state index contributed by atoms with van der Waals surface area (Å²) >= 11 is 0. The molecule has 0 amide bonds. The van der Waals surface area contributed by atoms with E-state index in [2.05, 4.69) is 57.3 Å². The Balaban J connectivity index is 0.000000292. The van der Waals surface area contributed by atoms with Crippen molar-refractivity contribution in [2.24, 2.45) is 0 Å². The smallest absolute Gasteiger partial charge is 0.00775 e. The van der Waals surface area contributed by atoms with Crippen LogP contribution in [0.25, 0.3) is 0 Å². The third kappa shape index (κ3) is 5.76. The van der Waals surface area contributed by atoms with Gasteiger partial charge in [0.2, 0.25) is 0 Å². The minimum atomic E-state index is 1.09. The van der Waals surface area contributed by atoms with Gasteiger partial charge in [-0.3, -0.25) is 0 Å². The van der Waals surface area contributed by atoms with Gasteiger partial charge in [0.05, 0.1) is 0 Å². The van der Waals surface area contributed by atoms with Crippen LogP contribution < -0.4 is 5.32 Å². The number of hydrogen-bond donors (Lipinski definition) is 1. The minimum absolute atomic E-state index is 1.09. The third-order valence-corrected chi connectivity index (χ3v) is 2.14. The summed E-state index contributed by atoms with van der Waals surface area (Å²) in [4.78, 5) is 0. The fraction of sp³-hybridized carbons (Fsp3) is 0.538. The van der Waals surface area contributed by atoms with Crippen LogP contribution in [0.5, 0.6) is 0 Å². The highest BCUT2D eigenvalue weighted by molar-refractivity contribution is 5.24. The number of rotatable bonds is 3. The predicted octanol–water partition coefficient (Wildman–Crippen LogP) is 3.17. The number of benzene rings is 1. The normalized spacial score (nSPS) is 9.14. The summed E-state index contributed by atoms with van der Waals surface area (Å²) < 4.78 is 0. The molecule has 1 nitrogen and oxygen atoms in total. The molecule has 0 aromatic heterocycles. The van der Waals surface area contributed by atoms with Crippen molar-refractivity contribution in [1.29, 1.82) is 0 Å². The van der Waals surface area contributed by atoms with E-state index in [1.54, 1.807) is 0 Å². The molecular formula is C13H23N. The first-order valence-corrected chi connectivity index (χ1v) is 5.51. The summed E-state index contributed by atoms with van der Waals surface area (Å²) in [7, 11) is 0. The Morgan fingerprint density at radius 2 is 1.57 bits per heavy atom. The van der Waals surface area contributed by atoms with Crippen LogP contribution in [0.1, 0.15) is 31.9 Å². The molecule has 0 aliphatic rings.